The highest BCUT2D eigenvalue weighted by molar-refractivity contribution is 7.10. The third-order valence-electron chi connectivity index (χ3n) is 2.40. The highest BCUT2D eigenvalue weighted by Crippen LogP contribution is 2.27. The van der Waals surface area contributed by atoms with E-state index in [1.807, 2.05) is 35.7 Å². The van der Waals surface area contributed by atoms with Crippen molar-refractivity contribution in [2.24, 2.45) is 0 Å². The summed E-state index contributed by atoms with van der Waals surface area (Å²) < 4.78 is 10.9. The lowest BCUT2D eigenvalue weighted by Gasteiger charge is -2.08. The smallest absolute Gasteiger partial charge is 0.161 e. The highest BCUT2D eigenvalue weighted by atomic mass is 32.1. The number of ether oxygens (including phenoxy) is 2. The Bertz CT molecular complexity index is 593. The Labute approximate surface area is 116 Å². The zero-order chi connectivity index (χ0) is 13.5. The van der Waals surface area contributed by atoms with Crippen molar-refractivity contribution in [2.75, 3.05) is 13.7 Å². The lowest BCUT2D eigenvalue weighted by atomic mass is 10.3. The van der Waals surface area contributed by atoms with Gasteiger partial charge in [-0.05, 0) is 18.2 Å². The molecule has 3 nitrogen and oxygen atoms in total. The molecule has 1 aromatic carbocycles. The third kappa shape index (κ3) is 3.75. The predicted octanol–water partition coefficient (Wildman–Crippen LogP) is 2.68. The van der Waals surface area contributed by atoms with Gasteiger partial charge in [-0.15, -0.1) is 11.3 Å². The first-order valence-electron chi connectivity index (χ1n) is 5.76. The van der Waals surface area contributed by atoms with Gasteiger partial charge in [-0.3, -0.25) is 0 Å². The summed E-state index contributed by atoms with van der Waals surface area (Å²) in [6, 6.07) is 9.51. The van der Waals surface area contributed by atoms with Crippen LogP contribution in [-0.2, 0) is 6.61 Å². The lowest BCUT2D eigenvalue weighted by Crippen LogP contribution is -1.95. The first-order valence-corrected chi connectivity index (χ1v) is 6.64. The normalized spacial score (nSPS) is 9.58. The Morgan fingerprint density at radius 1 is 1.26 bits per heavy atom. The molecule has 0 saturated heterocycles. The van der Waals surface area contributed by atoms with Gasteiger partial charge in [0.05, 0.1) is 7.11 Å². The zero-order valence-corrected chi connectivity index (χ0v) is 11.4. The van der Waals surface area contributed by atoms with Gasteiger partial charge >= 0.3 is 0 Å². The van der Waals surface area contributed by atoms with E-state index < -0.39 is 0 Å². The van der Waals surface area contributed by atoms with Crippen LogP contribution in [0.2, 0.25) is 0 Å². The van der Waals surface area contributed by atoms with E-state index in [2.05, 4.69) is 11.8 Å². The fourth-order valence-electron chi connectivity index (χ4n) is 1.55. The summed E-state index contributed by atoms with van der Waals surface area (Å²) in [4.78, 5) is 1.08. The van der Waals surface area contributed by atoms with E-state index in [0.29, 0.717) is 6.61 Å². The first kappa shape index (κ1) is 13.5. The Hall–Kier alpha value is -1.96. The fourth-order valence-corrected chi connectivity index (χ4v) is 2.28. The van der Waals surface area contributed by atoms with Gasteiger partial charge in [0.15, 0.2) is 11.5 Å². The summed E-state index contributed by atoms with van der Waals surface area (Å²) >= 11 is 1.58. The number of rotatable bonds is 4. The largest absolute Gasteiger partial charge is 0.493 e. The molecule has 0 saturated carbocycles. The molecular weight excluding hydrogens is 260 g/mol. The van der Waals surface area contributed by atoms with Crippen molar-refractivity contribution >= 4 is 11.3 Å². The highest BCUT2D eigenvalue weighted by Gasteiger charge is 2.04. The fraction of sp³-hybridized carbons (Fsp3) is 0.200. The third-order valence-corrected chi connectivity index (χ3v) is 3.31. The van der Waals surface area contributed by atoms with E-state index in [9.17, 15) is 0 Å². The molecule has 0 unspecified atom stereocenters. The summed E-state index contributed by atoms with van der Waals surface area (Å²) in [5.41, 5.74) is 0.901. The molecule has 0 spiro atoms. The quantitative estimate of drug-likeness (QED) is 0.871. The van der Waals surface area contributed by atoms with E-state index >= 15 is 0 Å². The minimum atomic E-state index is -0.122. The van der Waals surface area contributed by atoms with Crippen LogP contribution in [0, 0.1) is 11.8 Å². The molecule has 0 aliphatic carbocycles. The van der Waals surface area contributed by atoms with Crippen LogP contribution in [0.25, 0.3) is 0 Å². The summed E-state index contributed by atoms with van der Waals surface area (Å²) in [7, 11) is 1.62. The number of benzene rings is 1. The molecule has 0 amide bonds. The summed E-state index contributed by atoms with van der Waals surface area (Å²) in [5, 5.41) is 10.6. The van der Waals surface area contributed by atoms with Crippen LogP contribution >= 0.6 is 11.3 Å². The molecule has 0 atom stereocenters. The molecule has 2 rings (SSSR count). The van der Waals surface area contributed by atoms with Gasteiger partial charge in [-0.25, -0.2) is 0 Å². The summed E-state index contributed by atoms with van der Waals surface area (Å²) in [5.74, 6) is 6.93. The van der Waals surface area contributed by atoms with Crippen molar-refractivity contribution in [1.29, 1.82) is 0 Å². The zero-order valence-electron chi connectivity index (χ0n) is 10.6. The molecule has 0 aliphatic rings. The molecule has 2 aromatic rings. The Morgan fingerprint density at radius 2 is 2.05 bits per heavy atom. The van der Waals surface area contributed by atoms with Gasteiger partial charge < -0.3 is 14.6 Å². The van der Waals surface area contributed by atoms with Crippen molar-refractivity contribution < 1.29 is 14.6 Å². The lowest BCUT2D eigenvalue weighted by molar-refractivity contribution is 0.287. The number of hydrogen-bond acceptors (Lipinski definition) is 4. The number of aliphatic hydroxyl groups is 1. The maximum absolute atomic E-state index is 8.64. The number of hydrogen-bond donors (Lipinski definition) is 1. The van der Waals surface area contributed by atoms with Crippen molar-refractivity contribution in [2.45, 2.75) is 6.61 Å². The Balaban J connectivity index is 2.00. The SMILES string of the molecule is COc1ccccc1OCc1cc(C#CCO)cs1. The predicted molar refractivity (Wildman–Crippen MR) is 75.6 cm³/mol. The summed E-state index contributed by atoms with van der Waals surface area (Å²) in [6.45, 7) is 0.356. The van der Waals surface area contributed by atoms with Crippen LogP contribution in [0.1, 0.15) is 10.4 Å². The van der Waals surface area contributed by atoms with Crippen LogP contribution in [0.4, 0.5) is 0 Å². The second-order valence-electron chi connectivity index (χ2n) is 3.70. The topological polar surface area (TPSA) is 38.7 Å². The number of para-hydroxylation sites is 2. The number of methoxy groups -OCH3 is 1. The van der Waals surface area contributed by atoms with Crippen molar-refractivity contribution in [3.05, 3.63) is 46.2 Å². The van der Waals surface area contributed by atoms with Gasteiger partial charge in [-0.2, -0.15) is 0 Å². The average molecular weight is 274 g/mol. The Kier molecular flexibility index (Phi) is 4.85. The van der Waals surface area contributed by atoms with Crippen LogP contribution in [0.5, 0.6) is 11.5 Å². The molecule has 1 aromatic heterocycles. The van der Waals surface area contributed by atoms with Gasteiger partial charge in [0, 0.05) is 15.8 Å². The molecule has 0 aliphatic heterocycles. The molecular formula is C15H14O3S. The maximum atomic E-state index is 8.64. The van der Waals surface area contributed by atoms with Crippen LogP contribution in [-0.4, -0.2) is 18.8 Å². The molecule has 1 heterocycles. The molecule has 0 fully saturated rings. The van der Waals surface area contributed by atoms with Crippen LogP contribution in [0.15, 0.2) is 35.7 Å². The number of aliphatic hydroxyl groups excluding tert-OH is 1. The minimum absolute atomic E-state index is 0.122. The van der Waals surface area contributed by atoms with Gasteiger partial charge in [0.25, 0.3) is 0 Å². The standard InChI is InChI=1S/C15H14O3S/c1-17-14-6-2-3-7-15(14)18-10-13-9-12(11-19-13)5-4-8-16/h2-3,6-7,9,11,16H,8,10H2,1H3. The monoisotopic (exact) mass is 274 g/mol. The Morgan fingerprint density at radius 3 is 2.79 bits per heavy atom. The molecule has 0 radical (unpaired) electrons. The van der Waals surface area contributed by atoms with E-state index in [1.54, 1.807) is 18.4 Å². The van der Waals surface area contributed by atoms with Gasteiger partial charge in [-0.1, -0.05) is 24.0 Å². The van der Waals surface area contributed by atoms with Crippen molar-refractivity contribution in [3.8, 4) is 23.3 Å². The summed E-state index contributed by atoms with van der Waals surface area (Å²) in [6.07, 6.45) is 0. The average Bonchev–Trinajstić information content (AvgIpc) is 2.91. The van der Waals surface area contributed by atoms with Gasteiger partial charge in [0.1, 0.15) is 13.2 Å². The molecule has 1 N–H and O–H groups in total. The van der Waals surface area contributed by atoms with E-state index in [1.165, 1.54) is 0 Å². The second kappa shape index (κ2) is 6.83. The van der Waals surface area contributed by atoms with Gasteiger partial charge in [0.2, 0.25) is 0 Å². The number of thiophene rings is 1. The van der Waals surface area contributed by atoms with Crippen molar-refractivity contribution in [3.63, 3.8) is 0 Å². The van der Waals surface area contributed by atoms with Crippen LogP contribution in [0.3, 0.4) is 0 Å². The maximum Gasteiger partial charge on any atom is 0.161 e. The second-order valence-corrected chi connectivity index (χ2v) is 4.70. The van der Waals surface area contributed by atoms with E-state index in [4.69, 9.17) is 14.6 Å². The van der Waals surface area contributed by atoms with Crippen LogP contribution < -0.4 is 9.47 Å². The minimum Gasteiger partial charge on any atom is -0.493 e. The van der Waals surface area contributed by atoms with E-state index in [0.717, 1.165) is 21.9 Å². The first-order chi connectivity index (χ1) is 9.33. The van der Waals surface area contributed by atoms with Crippen molar-refractivity contribution in [1.82, 2.24) is 0 Å². The molecule has 98 valence electrons. The molecule has 0 bridgehead atoms. The molecule has 19 heavy (non-hydrogen) atoms. The van der Waals surface area contributed by atoms with E-state index in [-0.39, 0.29) is 6.61 Å². The molecule has 4 heteroatoms.